The third kappa shape index (κ3) is 4.24. The van der Waals surface area contributed by atoms with Gasteiger partial charge in [0, 0.05) is 23.6 Å². The number of anilines is 1. The number of ether oxygens (including phenoxy) is 1. The van der Waals surface area contributed by atoms with Gasteiger partial charge < -0.3 is 20.5 Å². The van der Waals surface area contributed by atoms with Crippen molar-refractivity contribution in [2.24, 2.45) is 5.73 Å². The second-order valence-corrected chi connectivity index (χ2v) is 8.66. The van der Waals surface area contributed by atoms with Crippen molar-refractivity contribution in [1.82, 2.24) is 15.0 Å². The Kier molecular flexibility index (Phi) is 7.10. The number of aryl methyl sites for hydroxylation is 1. The lowest BCUT2D eigenvalue weighted by Crippen LogP contribution is -2.32. The molecule has 0 saturated carbocycles. The van der Waals surface area contributed by atoms with Gasteiger partial charge in [0.05, 0.1) is 30.4 Å². The summed E-state index contributed by atoms with van der Waals surface area (Å²) < 4.78 is 20.1. The number of hydrogen-bond acceptors (Lipinski definition) is 7. The number of nitrogens with zero attached hydrogens (tertiary/aromatic N) is 4. The smallest absolute Gasteiger partial charge is 0.318 e. The van der Waals surface area contributed by atoms with Gasteiger partial charge in [-0.25, -0.2) is 4.39 Å². The maximum absolute atomic E-state index is 14.7. The van der Waals surface area contributed by atoms with Gasteiger partial charge in [-0.15, -0.1) is 9.24 Å². The van der Waals surface area contributed by atoms with Crippen LogP contribution in [-0.4, -0.2) is 40.4 Å². The number of aromatic nitrogens is 3. The maximum Gasteiger partial charge on any atom is 0.318 e. The summed E-state index contributed by atoms with van der Waals surface area (Å²) in [4.78, 5) is 15.9. The average Bonchev–Trinajstić information content (AvgIpc) is 2.84. The summed E-state index contributed by atoms with van der Waals surface area (Å²) in [5.41, 5.74) is 8.48. The quantitative estimate of drug-likeness (QED) is 0.286. The summed E-state index contributed by atoms with van der Waals surface area (Å²) in [6.45, 7) is 5.06. The van der Waals surface area contributed by atoms with Crippen molar-refractivity contribution < 1.29 is 14.2 Å². The van der Waals surface area contributed by atoms with Crippen LogP contribution in [-0.2, 0) is 6.42 Å². The maximum atomic E-state index is 14.7. The monoisotopic (exact) mass is 481 g/mol. The normalized spacial score (nSPS) is 11.4. The van der Waals surface area contributed by atoms with Crippen molar-refractivity contribution in [3.63, 3.8) is 0 Å². The zero-order chi connectivity index (χ0) is 24.4. The molecule has 4 aromatic rings. The number of halogens is 1. The number of aromatic hydroxyl groups is 1. The average molecular weight is 482 g/mol. The van der Waals surface area contributed by atoms with Gasteiger partial charge in [0.1, 0.15) is 17.4 Å². The minimum atomic E-state index is -0.283. The molecule has 9 heteroatoms. The molecule has 2 aromatic heterocycles. The first-order valence-corrected chi connectivity index (χ1v) is 11.9. The van der Waals surface area contributed by atoms with Crippen LogP contribution in [0.5, 0.6) is 11.8 Å². The van der Waals surface area contributed by atoms with Gasteiger partial charge in [-0.2, -0.15) is 9.97 Å². The highest BCUT2D eigenvalue weighted by Crippen LogP contribution is 2.37. The van der Waals surface area contributed by atoms with E-state index in [1.54, 1.807) is 24.4 Å². The van der Waals surface area contributed by atoms with E-state index in [1.165, 1.54) is 13.2 Å². The van der Waals surface area contributed by atoms with E-state index < -0.39 is 0 Å². The van der Waals surface area contributed by atoms with Gasteiger partial charge >= 0.3 is 6.01 Å². The number of methoxy groups -OCH3 is 1. The van der Waals surface area contributed by atoms with E-state index >= 15 is 0 Å². The van der Waals surface area contributed by atoms with E-state index in [-0.39, 0.29) is 17.6 Å². The number of phenols is 1. The molecule has 2 heterocycles. The molecule has 4 rings (SSSR count). The first-order valence-electron chi connectivity index (χ1n) is 11.3. The van der Waals surface area contributed by atoms with Crippen molar-refractivity contribution in [2.75, 3.05) is 25.2 Å². The third-order valence-corrected chi connectivity index (χ3v) is 6.53. The molecule has 178 valence electrons. The SMILES string of the molecule is CCCCN(CN)c1nc(OC)nc2c(P)c(-c3cc(O)cc4ccc(F)c(CC)c34)ncc12. The van der Waals surface area contributed by atoms with Crippen molar-refractivity contribution in [3.05, 3.63) is 41.8 Å². The highest BCUT2D eigenvalue weighted by atomic mass is 31.0. The molecule has 7 nitrogen and oxygen atoms in total. The summed E-state index contributed by atoms with van der Waals surface area (Å²) in [6, 6.07) is 6.58. The Labute approximate surface area is 200 Å². The predicted octanol–water partition coefficient (Wildman–Crippen LogP) is 4.28. The van der Waals surface area contributed by atoms with Gasteiger partial charge in [-0.1, -0.05) is 26.3 Å². The number of phenolic OH excluding ortho intramolecular Hbond substituents is 1. The molecular formula is C25H29FN5O2P. The fourth-order valence-corrected chi connectivity index (χ4v) is 4.73. The van der Waals surface area contributed by atoms with E-state index in [9.17, 15) is 9.50 Å². The lowest BCUT2D eigenvalue weighted by Gasteiger charge is -2.23. The highest BCUT2D eigenvalue weighted by Gasteiger charge is 2.21. The molecule has 0 saturated heterocycles. The Morgan fingerprint density at radius 3 is 2.68 bits per heavy atom. The zero-order valence-corrected chi connectivity index (χ0v) is 20.8. The summed E-state index contributed by atoms with van der Waals surface area (Å²) in [7, 11) is 4.22. The van der Waals surface area contributed by atoms with E-state index in [2.05, 4.69) is 26.1 Å². The Bertz CT molecular complexity index is 1360. The van der Waals surface area contributed by atoms with Crippen molar-refractivity contribution in [3.8, 4) is 23.0 Å². The molecule has 0 aliphatic carbocycles. The van der Waals surface area contributed by atoms with Gasteiger partial charge in [0.15, 0.2) is 0 Å². The summed E-state index contributed by atoms with van der Waals surface area (Å²) in [5, 5.41) is 13.3. The number of fused-ring (bicyclic) bond motifs is 2. The number of unbranched alkanes of at least 4 members (excludes halogenated alkanes) is 1. The van der Waals surface area contributed by atoms with Crippen LogP contribution in [0, 0.1) is 5.82 Å². The van der Waals surface area contributed by atoms with Crippen LogP contribution in [0.1, 0.15) is 32.3 Å². The van der Waals surface area contributed by atoms with Gasteiger partial charge in [-0.05, 0) is 47.4 Å². The van der Waals surface area contributed by atoms with Crippen molar-refractivity contribution in [1.29, 1.82) is 0 Å². The molecule has 0 amide bonds. The Hall–Kier alpha value is -3.09. The first kappa shape index (κ1) is 24.0. The summed E-state index contributed by atoms with van der Waals surface area (Å²) in [5.74, 6) is 0.452. The van der Waals surface area contributed by atoms with Gasteiger partial charge in [0.25, 0.3) is 0 Å². The van der Waals surface area contributed by atoms with Crippen LogP contribution in [0.25, 0.3) is 32.9 Å². The molecule has 0 radical (unpaired) electrons. The number of benzene rings is 2. The van der Waals surface area contributed by atoms with Crippen LogP contribution in [0.3, 0.4) is 0 Å². The van der Waals surface area contributed by atoms with Crippen LogP contribution >= 0.6 is 9.24 Å². The van der Waals surface area contributed by atoms with Crippen molar-refractivity contribution in [2.45, 2.75) is 33.1 Å². The number of hydrogen-bond donors (Lipinski definition) is 2. The second-order valence-electron chi connectivity index (χ2n) is 8.09. The van der Waals surface area contributed by atoms with E-state index in [4.69, 9.17) is 15.5 Å². The molecule has 2 aromatic carbocycles. The van der Waals surface area contributed by atoms with Crippen molar-refractivity contribution >= 4 is 42.0 Å². The Morgan fingerprint density at radius 1 is 1.21 bits per heavy atom. The van der Waals surface area contributed by atoms with Crippen LogP contribution in [0.4, 0.5) is 10.2 Å². The number of pyridine rings is 1. The molecule has 0 bridgehead atoms. The first-order chi connectivity index (χ1) is 16.4. The topological polar surface area (TPSA) is 97.4 Å². The number of nitrogens with two attached hydrogens (primary N) is 1. The fourth-order valence-electron chi connectivity index (χ4n) is 4.28. The minimum absolute atomic E-state index is 0.0808. The lowest BCUT2D eigenvalue weighted by molar-refractivity contribution is 0.382. The molecule has 0 aliphatic rings. The molecule has 1 unspecified atom stereocenters. The lowest BCUT2D eigenvalue weighted by atomic mass is 9.94. The Balaban J connectivity index is 2.02. The summed E-state index contributed by atoms with van der Waals surface area (Å²) in [6.07, 6.45) is 4.20. The Morgan fingerprint density at radius 2 is 2.00 bits per heavy atom. The molecule has 1 atom stereocenters. The molecular weight excluding hydrogens is 452 g/mol. The highest BCUT2D eigenvalue weighted by molar-refractivity contribution is 7.28. The zero-order valence-electron chi connectivity index (χ0n) is 19.6. The van der Waals surface area contributed by atoms with Crippen LogP contribution in [0.2, 0.25) is 0 Å². The third-order valence-electron chi connectivity index (χ3n) is 5.98. The largest absolute Gasteiger partial charge is 0.508 e. The van der Waals surface area contributed by atoms with E-state index in [0.717, 1.165) is 35.5 Å². The molecule has 34 heavy (non-hydrogen) atoms. The predicted molar refractivity (Wildman–Crippen MR) is 138 cm³/mol. The molecule has 0 fully saturated rings. The van der Waals surface area contributed by atoms with Crippen LogP contribution < -0.4 is 20.7 Å². The van der Waals surface area contributed by atoms with Gasteiger partial charge in [0.2, 0.25) is 0 Å². The second kappa shape index (κ2) is 10.0. The fraction of sp³-hybridized carbons (Fsp3) is 0.320. The van der Waals surface area contributed by atoms with Gasteiger partial charge in [-0.3, -0.25) is 4.98 Å². The number of rotatable bonds is 8. The van der Waals surface area contributed by atoms with E-state index in [0.29, 0.717) is 46.5 Å². The standard InChI is InChI=1S/C25H29FN5O2P/c1-4-6-9-31(13-27)24-18-12-28-21(23(34)22(18)29-25(30-24)33-3)17-11-15(32)10-14-7-8-19(26)16(5-2)20(14)17/h7-8,10-12,32H,4-6,9,13,27,34H2,1-3H3. The van der Waals surface area contributed by atoms with Crippen LogP contribution in [0.15, 0.2) is 30.5 Å². The minimum Gasteiger partial charge on any atom is -0.508 e. The summed E-state index contributed by atoms with van der Waals surface area (Å²) >= 11 is 0. The van der Waals surface area contributed by atoms with E-state index in [1.807, 2.05) is 11.8 Å². The molecule has 0 aliphatic heterocycles. The molecule has 0 spiro atoms. The molecule has 3 N–H and O–H groups in total.